The predicted octanol–water partition coefficient (Wildman–Crippen LogP) is -0.460. The largest absolute Gasteiger partial charge is 0.475 e. The molecule has 5 heteroatoms. The van der Waals surface area contributed by atoms with Gasteiger partial charge in [0.2, 0.25) is 5.82 Å². The van der Waals surface area contributed by atoms with Crippen molar-refractivity contribution in [3.05, 3.63) is 18.2 Å². The number of carboxylic acid groups (broad SMARTS) is 1. The monoisotopic (exact) mass is 155 g/mol. The molecule has 0 fully saturated rings. The Balaban J connectivity index is 2.87. The third-order valence-electron chi connectivity index (χ3n) is 1.28. The van der Waals surface area contributed by atoms with Crippen molar-refractivity contribution < 1.29 is 9.90 Å². The van der Waals surface area contributed by atoms with E-state index in [1.54, 1.807) is 6.20 Å². The van der Waals surface area contributed by atoms with Gasteiger partial charge in [-0.05, 0) is 0 Å². The smallest absolute Gasteiger partial charge is 0.372 e. The normalized spacial score (nSPS) is 9.91. The first-order chi connectivity index (χ1) is 5.25. The van der Waals surface area contributed by atoms with Crippen LogP contribution in [-0.4, -0.2) is 27.2 Å². The zero-order valence-corrected chi connectivity index (χ0v) is 5.90. The molecule has 0 saturated carbocycles. The van der Waals surface area contributed by atoms with Crippen LogP contribution in [0.15, 0.2) is 12.4 Å². The zero-order chi connectivity index (χ0) is 8.27. The van der Waals surface area contributed by atoms with Gasteiger partial charge in [0.05, 0.1) is 0 Å². The lowest BCUT2D eigenvalue weighted by Gasteiger charge is -2.00. The Bertz CT molecular complexity index is 256. The van der Waals surface area contributed by atoms with Crippen LogP contribution in [0.5, 0.6) is 0 Å². The second-order valence-corrected chi connectivity index (χ2v) is 2.04. The minimum absolute atomic E-state index is 0.0375. The molecule has 1 rings (SSSR count). The van der Waals surface area contributed by atoms with Crippen LogP contribution in [0.4, 0.5) is 0 Å². The van der Waals surface area contributed by atoms with E-state index in [0.717, 1.165) is 0 Å². The minimum atomic E-state index is -1.02. The van der Waals surface area contributed by atoms with Crippen molar-refractivity contribution in [3.63, 3.8) is 0 Å². The molecule has 0 amide bonds. The molecule has 0 saturated heterocycles. The van der Waals surface area contributed by atoms with Crippen molar-refractivity contribution in [3.8, 4) is 0 Å². The van der Waals surface area contributed by atoms with E-state index in [4.69, 9.17) is 10.8 Å². The Labute approximate surface area is 63.5 Å². The molecular weight excluding hydrogens is 146 g/mol. The number of hydrogen-bond acceptors (Lipinski definition) is 3. The number of nitrogens with zero attached hydrogens (tertiary/aromatic N) is 2. The number of imidazole rings is 1. The highest BCUT2D eigenvalue weighted by Crippen LogP contribution is 1.95. The van der Waals surface area contributed by atoms with Gasteiger partial charge in [-0.2, -0.15) is 0 Å². The second-order valence-electron chi connectivity index (χ2n) is 2.04. The fraction of sp³-hybridized carbons (Fsp3) is 0.333. The standard InChI is InChI=1S/C6H9N3O2/c7-1-3-9-4-2-8-5(9)6(10)11/h2,4H,1,3,7H2,(H,10,11). The summed E-state index contributed by atoms with van der Waals surface area (Å²) in [5.74, 6) is -0.987. The SMILES string of the molecule is NCCn1ccnc1C(=O)O. The fourth-order valence-corrected chi connectivity index (χ4v) is 0.827. The maximum absolute atomic E-state index is 10.4. The van der Waals surface area contributed by atoms with Gasteiger partial charge < -0.3 is 15.4 Å². The fourth-order valence-electron chi connectivity index (χ4n) is 0.827. The van der Waals surface area contributed by atoms with Gasteiger partial charge in [-0.15, -0.1) is 0 Å². The molecule has 1 aromatic heterocycles. The highest BCUT2D eigenvalue weighted by atomic mass is 16.4. The number of rotatable bonds is 3. The third kappa shape index (κ3) is 1.56. The van der Waals surface area contributed by atoms with Crippen LogP contribution in [0.2, 0.25) is 0 Å². The summed E-state index contributed by atoms with van der Waals surface area (Å²) < 4.78 is 1.50. The molecule has 0 radical (unpaired) electrons. The maximum atomic E-state index is 10.4. The van der Waals surface area contributed by atoms with E-state index >= 15 is 0 Å². The van der Waals surface area contributed by atoms with E-state index in [-0.39, 0.29) is 5.82 Å². The summed E-state index contributed by atoms with van der Waals surface area (Å²) in [5.41, 5.74) is 5.25. The van der Waals surface area contributed by atoms with Crippen LogP contribution in [-0.2, 0) is 6.54 Å². The molecule has 60 valence electrons. The highest BCUT2D eigenvalue weighted by molar-refractivity contribution is 5.83. The molecule has 1 heterocycles. The molecule has 5 nitrogen and oxygen atoms in total. The number of nitrogens with two attached hydrogens (primary N) is 1. The molecule has 0 atom stereocenters. The van der Waals surface area contributed by atoms with Gasteiger partial charge >= 0.3 is 5.97 Å². The van der Waals surface area contributed by atoms with E-state index in [0.29, 0.717) is 13.1 Å². The van der Waals surface area contributed by atoms with Crippen molar-refractivity contribution >= 4 is 5.97 Å². The summed E-state index contributed by atoms with van der Waals surface area (Å²) in [7, 11) is 0. The van der Waals surface area contributed by atoms with Gasteiger partial charge in [0.25, 0.3) is 0 Å². The van der Waals surface area contributed by atoms with E-state index in [1.165, 1.54) is 10.8 Å². The number of carboxylic acids is 1. The molecule has 1 aromatic rings. The third-order valence-corrected chi connectivity index (χ3v) is 1.28. The van der Waals surface area contributed by atoms with E-state index in [9.17, 15) is 4.79 Å². The summed E-state index contributed by atoms with van der Waals surface area (Å²) in [5, 5.41) is 8.56. The van der Waals surface area contributed by atoms with E-state index < -0.39 is 5.97 Å². The van der Waals surface area contributed by atoms with Gasteiger partial charge in [0, 0.05) is 25.5 Å². The van der Waals surface area contributed by atoms with Gasteiger partial charge in [-0.25, -0.2) is 9.78 Å². The summed E-state index contributed by atoms with van der Waals surface area (Å²) in [6.07, 6.45) is 3.04. The van der Waals surface area contributed by atoms with Crippen LogP contribution in [0.25, 0.3) is 0 Å². The Morgan fingerprint density at radius 1 is 1.82 bits per heavy atom. The Kier molecular flexibility index (Phi) is 2.22. The number of aromatic carboxylic acids is 1. The first kappa shape index (κ1) is 7.74. The topological polar surface area (TPSA) is 81.1 Å². The maximum Gasteiger partial charge on any atom is 0.372 e. The lowest BCUT2D eigenvalue weighted by atomic mass is 10.5. The Morgan fingerprint density at radius 3 is 3.09 bits per heavy atom. The molecule has 3 N–H and O–H groups in total. The van der Waals surface area contributed by atoms with E-state index in [2.05, 4.69) is 4.98 Å². The lowest BCUT2D eigenvalue weighted by molar-refractivity contribution is 0.0678. The molecule has 0 bridgehead atoms. The van der Waals surface area contributed by atoms with Crippen molar-refractivity contribution in [2.45, 2.75) is 6.54 Å². The van der Waals surface area contributed by atoms with Crippen LogP contribution in [0, 0.1) is 0 Å². The highest BCUT2D eigenvalue weighted by Gasteiger charge is 2.08. The molecule has 0 aliphatic rings. The van der Waals surface area contributed by atoms with Crippen molar-refractivity contribution in [1.29, 1.82) is 0 Å². The molecule has 0 aliphatic carbocycles. The van der Waals surface area contributed by atoms with Gasteiger partial charge in [0.15, 0.2) is 0 Å². The average molecular weight is 155 g/mol. The molecule has 0 spiro atoms. The van der Waals surface area contributed by atoms with Crippen LogP contribution in [0.1, 0.15) is 10.6 Å². The van der Waals surface area contributed by atoms with Crippen LogP contribution in [0.3, 0.4) is 0 Å². The Hall–Kier alpha value is -1.36. The van der Waals surface area contributed by atoms with Crippen LogP contribution < -0.4 is 5.73 Å². The quantitative estimate of drug-likeness (QED) is 0.618. The molecular formula is C6H9N3O2. The molecule has 0 unspecified atom stereocenters. The zero-order valence-electron chi connectivity index (χ0n) is 5.90. The Morgan fingerprint density at radius 2 is 2.55 bits per heavy atom. The predicted molar refractivity (Wildman–Crippen MR) is 38.2 cm³/mol. The minimum Gasteiger partial charge on any atom is -0.475 e. The van der Waals surface area contributed by atoms with Gasteiger partial charge in [-0.3, -0.25) is 0 Å². The van der Waals surface area contributed by atoms with Crippen molar-refractivity contribution in [2.24, 2.45) is 5.73 Å². The summed E-state index contributed by atoms with van der Waals surface area (Å²) >= 11 is 0. The molecule has 0 aliphatic heterocycles. The number of aromatic nitrogens is 2. The van der Waals surface area contributed by atoms with Crippen LogP contribution >= 0.6 is 0 Å². The summed E-state index contributed by atoms with van der Waals surface area (Å²) in [4.78, 5) is 14.1. The lowest BCUT2D eigenvalue weighted by Crippen LogP contribution is -2.14. The number of carbonyl (C=O) groups is 1. The van der Waals surface area contributed by atoms with Crippen molar-refractivity contribution in [1.82, 2.24) is 9.55 Å². The van der Waals surface area contributed by atoms with E-state index in [1.807, 2.05) is 0 Å². The van der Waals surface area contributed by atoms with Crippen molar-refractivity contribution in [2.75, 3.05) is 6.54 Å². The first-order valence-electron chi connectivity index (χ1n) is 3.20. The average Bonchev–Trinajstić information content (AvgIpc) is 2.36. The van der Waals surface area contributed by atoms with Gasteiger partial charge in [-0.1, -0.05) is 0 Å². The molecule has 11 heavy (non-hydrogen) atoms. The van der Waals surface area contributed by atoms with Gasteiger partial charge in [0.1, 0.15) is 0 Å². The summed E-state index contributed by atoms with van der Waals surface area (Å²) in [6, 6.07) is 0. The number of hydrogen-bond donors (Lipinski definition) is 2. The summed E-state index contributed by atoms with van der Waals surface area (Å²) in [6.45, 7) is 0.901. The second kappa shape index (κ2) is 3.16. The molecule has 0 aromatic carbocycles. The first-order valence-corrected chi connectivity index (χ1v) is 3.20.